The Hall–Kier alpha value is -4.66. The summed E-state index contributed by atoms with van der Waals surface area (Å²) in [5.41, 5.74) is 0.645. The summed E-state index contributed by atoms with van der Waals surface area (Å²) in [5, 5.41) is 10.9. The van der Waals surface area contributed by atoms with Gasteiger partial charge >= 0.3 is 5.97 Å². The Labute approximate surface area is 187 Å². The summed E-state index contributed by atoms with van der Waals surface area (Å²) in [6.45, 7) is -0.683. The second kappa shape index (κ2) is 8.83. The maximum absolute atomic E-state index is 13.1. The zero-order valence-electron chi connectivity index (χ0n) is 17.0. The van der Waals surface area contributed by atoms with Gasteiger partial charge in [0.15, 0.2) is 6.10 Å². The first-order chi connectivity index (χ1) is 15.9. The predicted octanol–water partition coefficient (Wildman–Crippen LogP) is 3.36. The van der Waals surface area contributed by atoms with E-state index in [-0.39, 0.29) is 27.9 Å². The lowest BCUT2D eigenvalue weighted by molar-refractivity contribution is -0.384. The third kappa shape index (κ3) is 4.24. The number of non-ortho nitro benzene ring substituents is 1. The number of carbonyl (C=O) groups excluding carboxylic acids is 4. The molecule has 3 aromatic rings. The lowest BCUT2D eigenvalue weighted by Crippen LogP contribution is -2.36. The first-order valence-corrected chi connectivity index (χ1v) is 9.85. The molecule has 0 fully saturated rings. The van der Waals surface area contributed by atoms with E-state index in [1.165, 1.54) is 36.4 Å². The number of nitrogens with zero attached hydrogens (tertiary/aromatic N) is 2. The highest BCUT2D eigenvalue weighted by atomic mass is 16.6. The van der Waals surface area contributed by atoms with E-state index in [0.717, 1.165) is 4.90 Å². The number of carbonyl (C=O) groups is 4. The van der Waals surface area contributed by atoms with E-state index in [9.17, 15) is 29.3 Å². The highest BCUT2D eigenvalue weighted by Gasteiger charge is 2.37. The van der Waals surface area contributed by atoms with Crippen LogP contribution in [0.5, 0.6) is 0 Å². The van der Waals surface area contributed by atoms with Crippen LogP contribution in [0.1, 0.15) is 42.7 Å². The van der Waals surface area contributed by atoms with Crippen LogP contribution in [0.25, 0.3) is 0 Å². The van der Waals surface area contributed by atoms with Gasteiger partial charge in [-0.25, -0.2) is 0 Å². The van der Waals surface area contributed by atoms with Gasteiger partial charge in [0, 0.05) is 23.3 Å². The number of fused-ring (bicyclic) bond motifs is 1. The van der Waals surface area contributed by atoms with Gasteiger partial charge in [-0.15, -0.1) is 0 Å². The van der Waals surface area contributed by atoms with Crippen molar-refractivity contribution in [3.63, 3.8) is 0 Å². The highest BCUT2D eigenvalue weighted by molar-refractivity contribution is 6.22. The van der Waals surface area contributed by atoms with Gasteiger partial charge in [0.25, 0.3) is 17.5 Å². The summed E-state index contributed by atoms with van der Waals surface area (Å²) in [4.78, 5) is 61.9. The third-order valence-electron chi connectivity index (χ3n) is 5.12. The average molecular weight is 444 g/mol. The van der Waals surface area contributed by atoms with Gasteiger partial charge in [-0.2, -0.15) is 0 Å². The number of nitro groups is 1. The van der Waals surface area contributed by atoms with Crippen molar-refractivity contribution in [2.24, 2.45) is 0 Å². The molecular formula is C24H16N2O7. The Balaban J connectivity index is 1.58. The number of amides is 2. The smallest absolute Gasteiger partial charge is 0.327 e. The van der Waals surface area contributed by atoms with E-state index in [1.54, 1.807) is 42.5 Å². The molecule has 2 amide bonds. The molecule has 0 unspecified atom stereocenters. The quantitative estimate of drug-likeness (QED) is 0.180. The molecule has 0 bridgehead atoms. The molecule has 0 saturated heterocycles. The largest absolute Gasteiger partial charge is 0.448 e. The van der Waals surface area contributed by atoms with Crippen LogP contribution in [0.4, 0.5) is 5.69 Å². The van der Waals surface area contributed by atoms with Gasteiger partial charge in [0.05, 0.1) is 16.1 Å². The molecule has 1 atom stereocenters. The number of nitro benzene ring substituents is 1. The van der Waals surface area contributed by atoms with Gasteiger partial charge in [-0.05, 0) is 24.3 Å². The minimum absolute atomic E-state index is 0.183. The number of ether oxygens (including phenoxy) is 1. The Kier molecular flexibility index (Phi) is 5.77. The van der Waals surface area contributed by atoms with Crippen LogP contribution >= 0.6 is 0 Å². The molecule has 4 rings (SSSR count). The third-order valence-corrected chi connectivity index (χ3v) is 5.12. The number of esters is 1. The molecule has 3 aromatic carbocycles. The topological polar surface area (TPSA) is 124 Å². The van der Waals surface area contributed by atoms with Crippen molar-refractivity contribution in [2.75, 3.05) is 6.54 Å². The average Bonchev–Trinajstić information content (AvgIpc) is 3.07. The molecule has 0 aliphatic carbocycles. The maximum Gasteiger partial charge on any atom is 0.327 e. The van der Waals surface area contributed by atoms with Crippen LogP contribution in [-0.4, -0.2) is 39.9 Å². The molecule has 1 aliphatic rings. The standard InChI is InChI=1S/C24H16N2O7/c27-20(14-25-23(29)18-8-4-5-9-19(18)24(25)30)33-22(21(28)15-6-2-1-3-7-15)16-10-12-17(13-11-16)26(31)32/h1-13,22H,14H2/t22-/m0/s1. The van der Waals surface area contributed by atoms with Gasteiger partial charge in [0.2, 0.25) is 5.78 Å². The summed E-state index contributed by atoms with van der Waals surface area (Å²) < 4.78 is 5.41. The van der Waals surface area contributed by atoms with Crippen molar-refractivity contribution in [1.29, 1.82) is 0 Å². The van der Waals surface area contributed by atoms with Gasteiger partial charge < -0.3 is 4.74 Å². The van der Waals surface area contributed by atoms with Crippen molar-refractivity contribution < 1.29 is 28.8 Å². The SMILES string of the molecule is O=C(CN1C(=O)c2ccccc2C1=O)O[C@H](C(=O)c1ccccc1)c1ccc([N+](=O)[O-])cc1. The fraction of sp³-hybridized carbons (Fsp3) is 0.0833. The Morgan fingerprint density at radius 2 is 1.39 bits per heavy atom. The van der Waals surface area contributed by atoms with Gasteiger partial charge in [-0.3, -0.25) is 34.2 Å². The number of hydrogen-bond acceptors (Lipinski definition) is 7. The Morgan fingerprint density at radius 3 is 1.94 bits per heavy atom. The van der Waals surface area contributed by atoms with E-state index in [4.69, 9.17) is 4.74 Å². The first kappa shape index (κ1) is 21.6. The zero-order chi connectivity index (χ0) is 23.5. The van der Waals surface area contributed by atoms with Gasteiger partial charge in [0.1, 0.15) is 6.54 Å². The van der Waals surface area contributed by atoms with Crippen LogP contribution in [0.2, 0.25) is 0 Å². The number of rotatable bonds is 7. The Morgan fingerprint density at radius 1 is 0.848 bits per heavy atom. The fourth-order valence-corrected chi connectivity index (χ4v) is 3.48. The van der Waals surface area contributed by atoms with E-state index >= 15 is 0 Å². The minimum atomic E-state index is -1.42. The molecular weight excluding hydrogens is 428 g/mol. The minimum Gasteiger partial charge on any atom is -0.448 e. The number of ketones is 1. The molecule has 0 aromatic heterocycles. The lowest BCUT2D eigenvalue weighted by Gasteiger charge is -2.19. The number of benzene rings is 3. The molecule has 1 heterocycles. The van der Waals surface area contributed by atoms with E-state index < -0.39 is 41.1 Å². The summed E-state index contributed by atoms with van der Waals surface area (Å²) in [7, 11) is 0. The maximum atomic E-state index is 13.1. The van der Waals surface area contributed by atoms with E-state index in [2.05, 4.69) is 0 Å². The van der Waals surface area contributed by atoms with Crippen LogP contribution in [0.3, 0.4) is 0 Å². The molecule has 9 heteroatoms. The summed E-state index contributed by atoms with van der Waals surface area (Å²) in [6, 6.07) is 19.3. The van der Waals surface area contributed by atoms with Crippen molar-refractivity contribution in [3.05, 3.63) is 111 Å². The Bertz CT molecular complexity index is 1230. The summed E-state index contributed by atoms with van der Waals surface area (Å²) >= 11 is 0. The van der Waals surface area contributed by atoms with Crippen molar-refractivity contribution in [2.45, 2.75) is 6.10 Å². The zero-order valence-corrected chi connectivity index (χ0v) is 17.0. The molecule has 0 radical (unpaired) electrons. The van der Waals surface area contributed by atoms with E-state index in [1.807, 2.05) is 0 Å². The molecule has 1 aliphatic heterocycles. The molecule has 0 saturated carbocycles. The number of Topliss-reactive ketones (excluding diaryl/α,β-unsaturated/α-hetero) is 1. The van der Waals surface area contributed by atoms with Crippen LogP contribution < -0.4 is 0 Å². The fourth-order valence-electron chi connectivity index (χ4n) is 3.48. The molecule has 9 nitrogen and oxygen atoms in total. The highest BCUT2D eigenvalue weighted by Crippen LogP contribution is 2.26. The normalized spacial score (nSPS) is 13.4. The van der Waals surface area contributed by atoms with Crippen LogP contribution in [-0.2, 0) is 9.53 Å². The number of hydrogen-bond donors (Lipinski definition) is 0. The monoisotopic (exact) mass is 444 g/mol. The van der Waals surface area contributed by atoms with Crippen molar-refractivity contribution in [1.82, 2.24) is 4.90 Å². The number of imide groups is 1. The van der Waals surface area contributed by atoms with Crippen molar-refractivity contribution >= 4 is 29.3 Å². The lowest BCUT2D eigenvalue weighted by atomic mass is 9.99. The van der Waals surface area contributed by atoms with Crippen molar-refractivity contribution in [3.8, 4) is 0 Å². The molecule has 0 spiro atoms. The molecule has 164 valence electrons. The second-order valence-corrected chi connectivity index (χ2v) is 7.19. The second-order valence-electron chi connectivity index (χ2n) is 7.19. The van der Waals surface area contributed by atoms with Crippen LogP contribution in [0.15, 0.2) is 78.9 Å². The predicted molar refractivity (Wildman–Crippen MR) is 115 cm³/mol. The van der Waals surface area contributed by atoms with E-state index in [0.29, 0.717) is 0 Å². The summed E-state index contributed by atoms with van der Waals surface area (Å²) in [5.74, 6) is -2.79. The summed E-state index contributed by atoms with van der Waals surface area (Å²) in [6.07, 6.45) is -1.42. The molecule has 0 N–H and O–H groups in total. The first-order valence-electron chi connectivity index (χ1n) is 9.85. The van der Waals surface area contributed by atoms with Gasteiger partial charge in [-0.1, -0.05) is 42.5 Å². The van der Waals surface area contributed by atoms with Crippen LogP contribution in [0, 0.1) is 10.1 Å². The molecule has 33 heavy (non-hydrogen) atoms.